The van der Waals surface area contributed by atoms with Gasteiger partial charge in [-0.2, -0.15) is 0 Å². The van der Waals surface area contributed by atoms with Crippen LogP contribution in [0.3, 0.4) is 0 Å². The predicted molar refractivity (Wildman–Crippen MR) is 133 cm³/mol. The highest BCUT2D eigenvalue weighted by molar-refractivity contribution is 5.92. The second-order valence-electron chi connectivity index (χ2n) is 8.37. The molecule has 1 N–H and O–H groups in total. The lowest BCUT2D eigenvalue weighted by Crippen LogP contribution is -2.13. The summed E-state index contributed by atoms with van der Waals surface area (Å²) in [6.07, 6.45) is 1.07. The monoisotopic (exact) mass is 484 g/mol. The van der Waals surface area contributed by atoms with Crippen molar-refractivity contribution < 1.29 is 33.7 Å². The van der Waals surface area contributed by atoms with Crippen LogP contribution in [0.15, 0.2) is 79.4 Å². The summed E-state index contributed by atoms with van der Waals surface area (Å²) in [7, 11) is 0. The Morgan fingerprint density at radius 3 is 2.08 bits per heavy atom. The van der Waals surface area contributed by atoms with Gasteiger partial charge < -0.3 is 19.3 Å². The minimum absolute atomic E-state index is 0.0269. The molecule has 0 spiro atoms. The van der Waals surface area contributed by atoms with Gasteiger partial charge in [-0.15, -0.1) is 0 Å². The lowest BCUT2D eigenvalue weighted by atomic mass is 9.99. The number of benzene rings is 3. The summed E-state index contributed by atoms with van der Waals surface area (Å²) in [6, 6.07) is 15.5. The third-order valence-corrected chi connectivity index (χ3v) is 5.96. The zero-order chi connectivity index (χ0) is 26.0. The molecule has 1 aliphatic carbocycles. The summed E-state index contributed by atoms with van der Waals surface area (Å²) in [5, 5.41) is 9.07. The Hall–Kier alpha value is -4.49. The zero-order valence-electron chi connectivity index (χ0n) is 19.9. The van der Waals surface area contributed by atoms with E-state index in [0.717, 1.165) is 28.3 Å². The first-order valence-corrected chi connectivity index (χ1v) is 11.2. The number of hydrogen-bond donors (Lipinski definition) is 1. The first-order valence-electron chi connectivity index (χ1n) is 11.2. The summed E-state index contributed by atoms with van der Waals surface area (Å²) in [4.78, 5) is 36.1. The largest absolute Gasteiger partial charge is 0.423 e. The molecule has 7 heteroatoms. The van der Waals surface area contributed by atoms with E-state index in [4.69, 9.17) is 19.3 Å². The van der Waals surface area contributed by atoms with Crippen molar-refractivity contribution in [3.8, 4) is 28.4 Å². The van der Waals surface area contributed by atoms with Crippen LogP contribution in [0.1, 0.15) is 39.9 Å². The molecule has 0 saturated heterocycles. The molecule has 3 aromatic rings. The molecule has 4 rings (SSSR count). The Balaban J connectivity index is 1.52. The molecule has 0 bridgehead atoms. The number of rotatable bonds is 7. The van der Waals surface area contributed by atoms with E-state index in [1.54, 1.807) is 31.2 Å². The zero-order valence-corrected chi connectivity index (χ0v) is 19.9. The summed E-state index contributed by atoms with van der Waals surface area (Å²) in [5.74, 6) is -0.747. The third-order valence-electron chi connectivity index (χ3n) is 5.96. The normalized spacial score (nSPS) is 13.2. The van der Waals surface area contributed by atoms with Gasteiger partial charge in [-0.1, -0.05) is 32.2 Å². The van der Waals surface area contributed by atoms with Gasteiger partial charge in [0.2, 0.25) is 0 Å². The van der Waals surface area contributed by atoms with Gasteiger partial charge >= 0.3 is 17.9 Å². The number of esters is 3. The summed E-state index contributed by atoms with van der Waals surface area (Å²) >= 11 is 0. The number of ether oxygens (including phenoxy) is 3. The number of aliphatic hydroxyl groups is 1. The molecular formula is C29H24O7. The Morgan fingerprint density at radius 2 is 1.53 bits per heavy atom. The average molecular weight is 485 g/mol. The Kier molecular flexibility index (Phi) is 6.85. The van der Waals surface area contributed by atoms with Gasteiger partial charge in [-0.05, 0) is 77.2 Å². The van der Waals surface area contributed by atoms with Gasteiger partial charge in [0.1, 0.15) is 17.2 Å². The molecule has 3 aromatic carbocycles. The molecule has 0 radical (unpaired) electrons. The van der Waals surface area contributed by atoms with Crippen LogP contribution in [-0.4, -0.2) is 29.6 Å². The van der Waals surface area contributed by atoms with Crippen LogP contribution in [0.4, 0.5) is 0 Å². The summed E-state index contributed by atoms with van der Waals surface area (Å²) < 4.78 is 16.1. The van der Waals surface area contributed by atoms with Crippen molar-refractivity contribution in [1.82, 2.24) is 0 Å². The minimum atomic E-state index is -0.683. The molecular weight excluding hydrogens is 460 g/mol. The van der Waals surface area contributed by atoms with Gasteiger partial charge in [-0.25, -0.2) is 14.4 Å². The number of carbonyl (C=O) groups excluding carboxylic acids is 3. The molecule has 36 heavy (non-hydrogen) atoms. The predicted octanol–water partition coefficient (Wildman–Crippen LogP) is 4.89. The molecule has 1 unspecified atom stereocenters. The molecule has 1 aliphatic rings. The second kappa shape index (κ2) is 10.0. The first-order chi connectivity index (χ1) is 17.2. The van der Waals surface area contributed by atoms with Gasteiger partial charge in [0.15, 0.2) is 0 Å². The van der Waals surface area contributed by atoms with Crippen LogP contribution in [0, 0.1) is 6.92 Å². The fraction of sp³-hybridized carbons (Fsp3) is 0.138. The smallest absolute Gasteiger partial charge is 0.343 e. The number of aliphatic hydroxyl groups excluding tert-OH is 1. The fourth-order valence-corrected chi connectivity index (χ4v) is 4.03. The van der Waals surface area contributed by atoms with E-state index in [0.29, 0.717) is 28.4 Å². The van der Waals surface area contributed by atoms with E-state index in [1.165, 1.54) is 12.1 Å². The van der Waals surface area contributed by atoms with Crippen molar-refractivity contribution in [3.05, 3.63) is 102 Å². The Labute approximate surface area is 208 Å². The van der Waals surface area contributed by atoms with E-state index >= 15 is 0 Å². The average Bonchev–Trinajstić information content (AvgIpc) is 3.15. The molecule has 0 heterocycles. The van der Waals surface area contributed by atoms with Crippen molar-refractivity contribution >= 4 is 17.9 Å². The summed E-state index contributed by atoms with van der Waals surface area (Å²) in [5.41, 5.74) is 4.84. The maximum Gasteiger partial charge on any atom is 0.343 e. The maximum atomic E-state index is 12.8. The molecule has 0 aliphatic heterocycles. The maximum absolute atomic E-state index is 12.8. The lowest BCUT2D eigenvalue weighted by Gasteiger charge is -2.11. The second-order valence-corrected chi connectivity index (χ2v) is 8.37. The van der Waals surface area contributed by atoms with Gasteiger partial charge in [0.05, 0.1) is 17.7 Å². The Bertz CT molecular complexity index is 1420. The van der Waals surface area contributed by atoms with E-state index in [1.807, 2.05) is 25.1 Å². The molecule has 7 nitrogen and oxygen atoms in total. The highest BCUT2D eigenvalue weighted by atomic mass is 16.5. The van der Waals surface area contributed by atoms with Crippen LogP contribution >= 0.6 is 0 Å². The molecule has 0 aromatic heterocycles. The SMILES string of the molecule is C=CC(=O)Oc1ccc(C(=O)Oc2ccc3c(c2)C(C)c2cc(OC(=O)C(=C)CO)ccc2-3)cc1C. The van der Waals surface area contributed by atoms with Crippen LogP contribution in [-0.2, 0) is 9.59 Å². The minimum Gasteiger partial charge on any atom is -0.423 e. The fourth-order valence-electron chi connectivity index (χ4n) is 4.03. The van der Waals surface area contributed by atoms with E-state index < -0.39 is 24.5 Å². The standard InChI is InChI=1S/C29H24O7/c1-5-27(31)36-26-11-6-19(12-16(26)2)29(33)35-21-8-10-23-22-9-7-20(34-28(32)17(3)15-30)13-24(22)18(4)25(23)14-21/h5-14,18,30H,1,3,15H2,2,4H3. The number of carbonyl (C=O) groups is 3. The first kappa shape index (κ1) is 24.6. The lowest BCUT2D eigenvalue weighted by molar-refractivity contribution is -0.131. The number of hydrogen-bond acceptors (Lipinski definition) is 7. The Morgan fingerprint density at radius 1 is 0.917 bits per heavy atom. The number of aryl methyl sites for hydroxylation is 1. The molecule has 0 amide bonds. The van der Waals surface area contributed by atoms with E-state index in [2.05, 4.69) is 13.2 Å². The summed E-state index contributed by atoms with van der Waals surface area (Å²) in [6.45, 7) is 10.1. The van der Waals surface area contributed by atoms with E-state index in [-0.39, 0.29) is 11.5 Å². The highest BCUT2D eigenvalue weighted by Crippen LogP contribution is 2.47. The van der Waals surface area contributed by atoms with Crippen LogP contribution in [0.2, 0.25) is 0 Å². The van der Waals surface area contributed by atoms with Gasteiger partial charge in [-0.3, -0.25) is 0 Å². The number of fused-ring (bicyclic) bond motifs is 3. The third kappa shape index (κ3) is 4.82. The van der Waals surface area contributed by atoms with Crippen LogP contribution < -0.4 is 14.2 Å². The van der Waals surface area contributed by atoms with Crippen LogP contribution in [0.5, 0.6) is 17.2 Å². The quantitative estimate of drug-likeness (QED) is 0.290. The van der Waals surface area contributed by atoms with Gasteiger partial charge in [0.25, 0.3) is 0 Å². The van der Waals surface area contributed by atoms with Crippen molar-refractivity contribution in [2.24, 2.45) is 0 Å². The van der Waals surface area contributed by atoms with E-state index in [9.17, 15) is 14.4 Å². The van der Waals surface area contributed by atoms with Crippen molar-refractivity contribution in [1.29, 1.82) is 0 Å². The van der Waals surface area contributed by atoms with Crippen molar-refractivity contribution in [3.63, 3.8) is 0 Å². The molecule has 0 fully saturated rings. The van der Waals surface area contributed by atoms with Gasteiger partial charge in [0, 0.05) is 12.0 Å². The molecule has 0 saturated carbocycles. The van der Waals surface area contributed by atoms with Crippen molar-refractivity contribution in [2.75, 3.05) is 6.61 Å². The molecule has 1 atom stereocenters. The molecule has 182 valence electrons. The topological polar surface area (TPSA) is 99.1 Å². The van der Waals surface area contributed by atoms with Crippen LogP contribution in [0.25, 0.3) is 11.1 Å². The highest BCUT2D eigenvalue weighted by Gasteiger charge is 2.27. The van der Waals surface area contributed by atoms with Crippen molar-refractivity contribution in [2.45, 2.75) is 19.8 Å².